The van der Waals surface area contributed by atoms with Gasteiger partial charge in [-0.15, -0.1) is 0 Å². The second-order valence-electron chi connectivity index (χ2n) is 8.69. The zero-order valence-electron chi connectivity index (χ0n) is 15.9. The summed E-state index contributed by atoms with van der Waals surface area (Å²) in [5.74, 6) is 2.23. The fourth-order valence-corrected chi connectivity index (χ4v) is 5.88. The van der Waals surface area contributed by atoms with Crippen molar-refractivity contribution in [2.45, 2.75) is 65.7 Å². The first-order valence-electron chi connectivity index (χ1n) is 9.36. The van der Waals surface area contributed by atoms with Crippen LogP contribution in [0.2, 0.25) is 0 Å². The number of methoxy groups -OCH3 is 1. The predicted molar refractivity (Wildman–Crippen MR) is 99.6 cm³/mol. The van der Waals surface area contributed by atoms with E-state index in [4.69, 9.17) is 0 Å². The van der Waals surface area contributed by atoms with Crippen molar-refractivity contribution in [3.63, 3.8) is 0 Å². The zero-order chi connectivity index (χ0) is 16.9. The Bertz CT molecular complexity index is 450. The summed E-state index contributed by atoms with van der Waals surface area (Å²) >= 11 is 0. The number of benzene rings is 1. The van der Waals surface area contributed by atoms with Crippen LogP contribution >= 0.6 is 0 Å². The zero-order valence-corrected chi connectivity index (χ0v) is 15.9. The number of aryl methyl sites for hydroxylation is 1. The highest BCUT2D eigenvalue weighted by molar-refractivity contribution is 5.11. The van der Waals surface area contributed by atoms with Gasteiger partial charge in [0.25, 0.3) is 0 Å². The number of rotatable bonds is 1. The molecule has 4 aliphatic rings. The van der Waals surface area contributed by atoms with Gasteiger partial charge in [-0.25, -0.2) is 0 Å². The molecule has 130 valence electrons. The van der Waals surface area contributed by atoms with Gasteiger partial charge in [0.15, 0.2) is 0 Å². The molecule has 4 saturated carbocycles. The molecule has 1 nitrogen and oxygen atoms in total. The smallest absolute Gasteiger partial charge is 0.0351 e. The average Bonchev–Trinajstić information content (AvgIpc) is 2.47. The molecule has 2 unspecified atom stereocenters. The lowest BCUT2D eigenvalue weighted by Gasteiger charge is -2.61. The fraction of sp³-hybridized carbons (Fsp3) is 0.727. The standard InChI is InChI=1S/C13H22.C7H8.C2H6O/c1-3-13-7-10-4-11(8-13)6-12(2,5-10)9-13;1-7-5-3-2-4-6-7;1-3-2/h10-11H,3-9H2,1-2H3;2-6H,1H3;1-2H3. The summed E-state index contributed by atoms with van der Waals surface area (Å²) in [6.45, 7) is 7.07. The Kier molecular flexibility index (Phi) is 6.31. The molecule has 0 aliphatic heterocycles. The fourth-order valence-electron chi connectivity index (χ4n) is 5.88. The summed E-state index contributed by atoms with van der Waals surface area (Å²) in [5.41, 5.74) is 2.89. The first-order chi connectivity index (χ1) is 10.9. The Morgan fingerprint density at radius 2 is 1.52 bits per heavy atom. The highest BCUT2D eigenvalue weighted by Gasteiger charge is 2.54. The topological polar surface area (TPSA) is 9.23 Å². The third-order valence-electron chi connectivity index (χ3n) is 6.17. The minimum atomic E-state index is 0.764. The van der Waals surface area contributed by atoms with E-state index in [1.807, 2.05) is 18.2 Å². The van der Waals surface area contributed by atoms with E-state index in [1.54, 1.807) is 52.7 Å². The highest BCUT2D eigenvalue weighted by atomic mass is 16.4. The van der Waals surface area contributed by atoms with Gasteiger partial charge in [0.1, 0.15) is 0 Å². The van der Waals surface area contributed by atoms with E-state index in [0.29, 0.717) is 0 Å². The molecule has 4 bridgehead atoms. The Balaban J connectivity index is 0.000000163. The molecule has 2 atom stereocenters. The van der Waals surface area contributed by atoms with Crippen molar-refractivity contribution < 1.29 is 4.74 Å². The van der Waals surface area contributed by atoms with Crippen LogP contribution in [0, 0.1) is 29.6 Å². The molecule has 4 fully saturated rings. The van der Waals surface area contributed by atoms with Crippen LogP contribution in [0.25, 0.3) is 0 Å². The van der Waals surface area contributed by atoms with Crippen molar-refractivity contribution in [2.75, 3.05) is 14.2 Å². The van der Waals surface area contributed by atoms with Crippen LogP contribution in [0.1, 0.15) is 64.4 Å². The summed E-state index contributed by atoms with van der Waals surface area (Å²) in [7, 11) is 3.25. The molecule has 0 saturated heterocycles. The average molecular weight is 317 g/mol. The molecule has 1 aromatic carbocycles. The van der Waals surface area contributed by atoms with E-state index >= 15 is 0 Å². The molecule has 23 heavy (non-hydrogen) atoms. The van der Waals surface area contributed by atoms with E-state index in [0.717, 1.165) is 22.7 Å². The number of hydrogen-bond donors (Lipinski definition) is 0. The van der Waals surface area contributed by atoms with Gasteiger partial charge in [-0.3, -0.25) is 0 Å². The van der Waals surface area contributed by atoms with Crippen molar-refractivity contribution in [2.24, 2.45) is 22.7 Å². The van der Waals surface area contributed by atoms with Gasteiger partial charge >= 0.3 is 0 Å². The normalized spacial score (nSPS) is 36.6. The third kappa shape index (κ3) is 4.83. The summed E-state index contributed by atoms with van der Waals surface area (Å²) < 4.78 is 4.25. The lowest BCUT2D eigenvalue weighted by molar-refractivity contribution is -0.103. The second-order valence-corrected chi connectivity index (χ2v) is 8.69. The minimum absolute atomic E-state index is 0.764. The molecule has 0 N–H and O–H groups in total. The first-order valence-corrected chi connectivity index (χ1v) is 9.36. The maximum atomic E-state index is 4.25. The van der Waals surface area contributed by atoms with Crippen LogP contribution in [0.5, 0.6) is 0 Å². The molecular weight excluding hydrogens is 280 g/mol. The van der Waals surface area contributed by atoms with Crippen molar-refractivity contribution in [1.29, 1.82) is 0 Å². The van der Waals surface area contributed by atoms with Crippen LogP contribution in [0.15, 0.2) is 30.3 Å². The van der Waals surface area contributed by atoms with E-state index in [-0.39, 0.29) is 0 Å². The Morgan fingerprint density at radius 1 is 1.00 bits per heavy atom. The SMILES string of the molecule is CCC12CC3CC(CC(C)(C3)C1)C2.COC.Cc1ccccc1. The lowest BCUT2D eigenvalue weighted by atomic mass is 9.44. The third-order valence-corrected chi connectivity index (χ3v) is 6.17. The van der Waals surface area contributed by atoms with Gasteiger partial charge in [-0.05, 0) is 68.1 Å². The van der Waals surface area contributed by atoms with Gasteiger partial charge in [0.2, 0.25) is 0 Å². The minimum Gasteiger partial charge on any atom is -0.388 e. The highest BCUT2D eigenvalue weighted by Crippen LogP contribution is 2.65. The first kappa shape index (κ1) is 18.5. The summed E-state index contributed by atoms with van der Waals surface area (Å²) in [6.07, 6.45) is 10.9. The Hall–Kier alpha value is -0.820. The largest absolute Gasteiger partial charge is 0.388 e. The van der Waals surface area contributed by atoms with Gasteiger partial charge < -0.3 is 4.74 Å². The molecule has 0 aromatic heterocycles. The molecule has 4 aliphatic carbocycles. The maximum absolute atomic E-state index is 4.25. The molecule has 1 aromatic rings. The van der Waals surface area contributed by atoms with E-state index in [9.17, 15) is 0 Å². The van der Waals surface area contributed by atoms with Gasteiger partial charge in [-0.1, -0.05) is 56.2 Å². The van der Waals surface area contributed by atoms with Crippen LogP contribution < -0.4 is 0 Å². The summed E-state index contributed by atoms with van der Waals surface area (Å²) in [4.78, 5) is 0. The van der Waals surface area contributed by atoms with E-state index in [2.05, 4.69) is 37.6 Å². The van der Waals surface area contributed by atoms with Crippen LogP contribution in [-0.2, 0) is 4.74 Å². The Morgan fingerprint density at radius 3 is 1.87 bits per heavy atom. The van der Waals surface area contributed by atoms with Crippen LogP contribution in [0.3, 0.4) is 0 Å². The van der Waals surface area contributed by atoms with E-state index < -0.39 is 0 Å². The molecule has 5 rings (SSSR count). The maximum Gasteiger partial charge on any atom is 0.0351 e. The van der Waals surface area contributed by atoms with Gasteiger partial charge in [0.05, 0.1) is 0 Å². The van der Waals surface area contributed by atoms with Crippen molar-refractivity contribution in [3.05, 3.63) is 35.9 Å². The van der Waals surface area contributed by atoms with E-state index in [1.165, 1.54) is 12.0 Å². The monoisotopic (exact) mass is 316 g/mol. The lowest BCUT2D eigenvalue weighted by Crippen LogP contribution is -2.50. The van der Waals surface area contributed by atoms with Crippen molar-refractivity contribution in [3.8, 4) is 0 Å². The van der Waals surface area contributed by atoms with Gasteiger partial charge in [-0.2, -0.15) is 0 Å². The van der Waals surface area contributed by atoms with Crippen molar-refractivity contribution in [1.82, 2.24) is 0 Å². The molecule has 1 heteroatoms. The van der Waals surface area contributed by atoms with Crippen LogP contribution in [-0.4, -0.2) is 14.2 Å². The van der Waals surface area contributed by atoms with Gasteiger partial charge in [0, 0.05) is 14.2 Å². The second kappa shape index (κ2) is 7.83. The number of ether oxygens (including phenoxy) is 1. The molecule has 0 amide bonds. The summed E-state index contributed by atoms with van der Waals surface area (Å²) in [6, 6.07) is 10.3. The molecular formula is C22H36O. The van der Waals surface area contributed by atoms with Crippen molar-refractivity contribution >= 4 is 0 Å². The Labute approximate surface area is 143 Å². The predicted octanol–water partition coefficient (Wildman–Crippen LogP) is 6.26. The number of hydrogen-bond acceptors (Lipinski definition) is 1. The van der Waals surface area contributed by atoms with Crippen LogP contribution in [0.4, 0.5) is 0 Å². The molecule has 0 radical (unpaired) electrons. The summed E-state index contributed by atoms with van der Waals surface area (Å²) in [5, 5.41) is 0. The molecule has 0 heterocycles. The molecule has 0 spiro atoms. The quantitative estimate of drug-likeness (QED) is 0.594.